The summed E-state index contributed by atoms with van der Waals surface area (Å²) in [6.45, 7) is 0. The van der Waals surface area contributed by atoms with Crippen LogP contribution >= 0.6 is 0 Å². The Bertz CT molecular complexity index is 2110. The normalized spacial score (nSPS) is 10.3. The van der Waals surface area contributed by atoms with E-state index in [2.05, 4.69) is 69.5 Å². The van der Waals surface area contributed by atoms with Crippen molar-refractivity contribution in [3.8, 4) is 33.8 Å². The molecule has 0 aliphatic heterocycles. The van der Waals surface area contributed by atoms with Gasteiger partial charge in [-0.3, -0.25) is 0 Å². The third-order valence-electron chi connectivity index (χ3n) is 7.91. The molecule has 3 heterocycles. The molecule has 237 valence electrons. The predicted octanol–water partition coefficient (Wildman–Crippen LogP) is 11.1. The van der Waals surface area contributed by atoms with E-state index in [1.807, 2.05) is 146 Å². The Morgan fingerprint density at radius 1 is 0.306 bits per heavy atom. The average molecular weight is 805 g/mol. The zero-order valence-corrected chi connectivity index (χ0v) is 28.9. The molecule has 3 aromatic heterocycles. The number of rotatable bonds is 3. The molecule has 9 rings (SSSR count). The number of hydrogen-bond donors (Lipinski definition) is 0. The molecule has 0 saturated carbocycles. The SMILES string of the molecule is [Ir].[c-]1ccccc1-c1nccc2ccccc12.[c-]1ccccc1-c1nccc2ccccc12.[c-]1ccccc1-c1nccc2ccccc12. The van der Waals surface area contributed by atoms with Crippen LogP contribution in [0.3, 0.4) is 0 Å². The second kappa shape index (κ2) is 16.3. The summed E-state index contributed by atoms with van der Waals surface area (Å²) < 4.78 is 0. The monoisotopic (exact) mass is 805 g/mol. The zero-order valence-electron chi connectivity index (χ0n) is 26.5. The van der Waals surface area contributed by atoms with Crippen LogP contribution in [0.25, 0.3) is 66.1 Å². The summed E-state index contributed by atoms with van der Waals surface area (Å²) in [6, 6.07) is 64.3. The van der Waals surface area contributed by atoms with E-state index >= 15 is 0 Å². The number of fused-ring (bicyclic) bond motifs is 3. The summed E-state index contributed by atoms with van der Waals surface area (Å²) >= 11 is 0. The largest absolute Gasteiger partial charge is 0.304 e. The molecule has 0 fully saturated rings. The Balaban J connectivity index is 0.000000126. The fourth-order valence-corrected chi connectivity index (χ4v) is 5.62. The van der Waals surface area contributed by atoms with Crippen LogP contribution in [0.4, 0.5) is 0 Å². The molecule has 0 unspecified atom stereocenters. The van der Waals surface area contributed by atoms with Crippen LogP contribution in [0.5, 0.6) is 0 Å². The molecule has 1 radical (unpaired) electrons. The molecule has 0 bridgehead atoms. The third-order valence-corrected chi connectivity index (χ3v) is 7.91. The molecule has 0 atom stereocenters. The van der Waals surface area contributed by atoms with E-state index < -0.39 is 0 Å². The quantitative estimate of drug-likeness (QED) is 0.167. The Labute approximate surface area is 300 Å². The first kappa shape index (κ1) is 33.1. The molecule has 0 aliphatic rings. The van der Waals surface area contributed by atoms with Gasteiger partial charge in [0.05, 0.1) is 0 Å². The van der Waals surface area contributed by atoms with Crippen molar-refractivity contribution in [2.75, 3.05) is 0 Å². The van der Waals surface area contributed by atoms with Gasteiger partial charge in [0.25, 0.3) is 0 Å². The second-order valence-corrected chi connectivity index (χ2v) is 11.0. The van der Waals surface area contributed by atoms with Crippen molar-refractivity contribution in [2.24, 2.45) is 0 Å². The predicted molar refractivity (Wildman–Crippen MR) is 198 cm³/mol. The van der Waals surface area contributed by atoms with Crippen molar-refractivity contribution >= 4 is 32.3 Å². The van der Waals surface area contributed by atoms with Crippen LogP contribution in [-0.4, -0.2) is 15.0 Å². The van der Waals surface area contributed by atoms with Crippen LogP contribution in [0.15, 0.2) is 182 Å². The molecule has 0 amide bonds. The summed E-state index contributed by atoms with van der Waals surface area (Å²) in [4.78, 5) is 13.3. The van der Waals surface area contributed by atoms with Crippen molar-refractivity contribution in [1.29, 1.82) is 0 Å². The summed E-state index contributed by atoms with van der Waals surface area (Å²) in [6.07, 6.45) is 5.54. The number of benzene rings is 6. The first-order chi connectivity index (χ1) is 23.8. The molecular weight excluding hydrogens is 775 g/mol. The van der Waals surface area contributed by atoms with Gasteiger partial charge in [0.1, 0.15) is 0 Å². The summed E-state index contributed by atoms with van der Waals surface area (Å²) in [7, 11) is 0. The van der Waals surface area contributed by atoms with Gasteiger partial charge in [0.15, 0.2) is 0 Å². The standard InChI is InChI=1S/3C15H10N.Ir/c3*1-2-7-13(8-3-1)15-14-9-5-4-6-12(14)10-11-16-15;/h3*1-7,9-11H;/q3*-1;. The Kier molecular flexibility index (Phi) is 11.0. The first-order valence-corrected chi connectivity index (χ1v) is 15.8. The van der Waals surface area contributed by atoms with Gasteiger partial charge in [-0.05, 0) is 67.6 Å². The van der Waals surface area contributed by atoms with Gasteiger partial charge in [0, 0.05) is 38.7 Å². The van der Waals surface area contributed by atoms with Crippen LogP contribution in [0.1, 0.15) is 0 Å². The van der Waals surface area contributed by atoms with Crippen molar-refractivity contribution in [3.05, 3.63) is 201 Å². The van der Waals surface area contributed by atoms with E-state index in [0.29, 0.717) is 0 Å². The molecule has 6 aromatic carbocycles. The number of pyridine rings is 3. The van der Waals surface area contributed by atoms with Gasteiger partial charge in [-0.15, -0.1) is 108 Å². The van der Waals surface area contributed by atoms with E-state index in [0.717, 1.165) is 33.8 Å². The average Bonchev–Trinajstić information content (AvgIpc) is 3.19. The molecule has 0 N–H and O–H groups in total. The van der Waals surface area contributed by atoms with Crippen molar-refractivity contribution in [3.63, 3.8) is 0 Å². The maximum absolute atomic E-state index is 4.45. The Hall–Kier alpha value is -5.80. The van der Waals surface area contributed by atoms with Crippen molar-refractivity contribution < 1.29 is 20.1 Å². The molecule has 0 spiro atoms. The molecular formula is C45H30IrN3-3. The van der Waals surface area contributed by atoms with Gasteiger partial charge in [-0.2, -0.15) is 0 Å². The van der Waals surface area contributed by atoms with Crippen LogP contribution in [0, 0.1) is 18.2 Å². The van der Waals surface area contributed by atoms with Crippen LogP contribution in [0.2, 0.25) is 0 Å². The molecule has 0 aliphatic carbocycles. The third kappa shape index (κ3) is 7.85. The number of hydrogen-bond acceptors (Lipinski definition) is 3. The molecule has 49 heavy (non-hydrogen) atoms. The molecule has 4 heteroatoms. The first-order valence-electron chi connectivity index (χ1n) is 15.8. The summed E-state index contributed by atoms with van der Waals surface area (Å²) in [5.74, 6) is 0. The maximum Gasteiger partial charge on any atom is 0.0167 e. The number of aromatic nitrogens is 3. The fraction of sp³-hybridized carbons (Fsp3) is 0. The second-order valence-electron chi connectivity index (χ2n) is 11.0. The van der Waals surface area contributed by atoms with Gasteiger partial charge >= 0.3 is 0 Å². The summed E-state index contributed by atoms with van der Waals surface area (Å²) in [5, 5.41) is 7.16. The smallest absolute Gasteiger partial charge is 0.0167 e. The number of nitrogens with zero attached hydrogens (tertiary/aromatic N) is 3. The Morgan fingerprint density at radius 2 is 0.592 bits per heavy atom. The van der Waals surface area contributed by atoms with Crippen molar-refractivity contribution in [1.82, 2.24) is 15.0 Å². The van der Waals surface area contributed by atoms with Gasteiger partial charge in [0.2, 0.25) is 0 Å². The minimum Gasteiger partial charge on any atom is -0.304 e. The van der Waals surface area contributed by atoms with E-state index in [-0.39, 0.29) is 20.1 Å². The van der Waals surface area contributed by atoms with Gasteiger partial charge < -0.3 is 15.0 Å². The van der Waals surface area contributed by atoms with E-state index in [9.17, 15) is 0 Å². The molecule has 0 saturated heterocycles. The minimum absolute atomic E-state index is 0. The van der Waals surface area contributed by atoms with E-state index in [1.54, 1.807) is 0 Å². The van der Waals surface area contributed by atoms with Crippen molar-refractivity contribution in [2.45, 2.75) is 0 Å². The van der Waals surface area contributed by atoms with Gasteiger partial charge in [-0.25, -0.2) is 0 Å². The zero-order chi connectivity index (χ0) is 32.4. The molecule has 3 nitrogen and oxygen atoms in total. The van der Waals surface area contributed by atoms with Crippen LogP contribution in [-0.2, 0) is 20.1 Å². The van der Waals surface area contributed by atoms with E-state index in [1.165, 1.54) is 32.3 Å². The fourth-order valence-electron chi connectivity index (χ4n) is 5.62. The van der Waals surface area contributed by atoms with E-state index in [4.69, 9.17) is 0 Å². The maximum atomic E-state index is 4.45. The van der Waals surface area contributed by atoms with Crippen LogP contribution < -0.4 is 0 Å². The topological polar surface area (TPSA) is 38.7 Å². The van der Waals surface area contributed by atoms with Gasteiger partial charge in [-0.1, -0.05) is 72.8 Å². The molecule has 9 aromatic rings. The Morgan fingerprint density at radius 3 is 0.878 bits per heavy atom. The minimum atomic E-state index is 0. The summed E-state index contributed by atoms with van der Waals surface area (Å²) in [5.41, 5.74) is 6.12.